The van der Waals surface area contributed by atoms with Crippen molar-refractivity contribution in [2.45, 2.75) is 26.2 Å². The summed E-state index contributed by atoms with van der Waals surface area (Å²) in [5.41, 5.74) is 0. The van der Waals surface area contributed by atoms with Gasteiger partial charge in [-0.25, -0.2) is 0 Å². The fourth-order valence-electron chi connectivity index (χ4n) is 1.96. The van der Waals surface area contributed by atoms with Gasteiger partial charge in [-0.2, -0.15) is 0 Å². The molecule has 0 amide bonds. The highest BCUT2D eigenvalue weighted by Crippen LogP contribution is 1.94. The third kappa shape index (κ3) is 9.45. The number of morpholine rings is 1. The predicted molar refractivity (Wildman–Crippen MR) is 91.6 cm³/mol. The molecular formula is C13H29IN4O. The summed E-state index contributed by atoms with van der Waals surface area (Å²) in [6.07, 6.45) is 3.74. The summed E-state index contributed by atoms with van der Waals surface area (Å²) >= 11 is 0. The van der Waals surface area contributed by atoms with Gasteiger partial charge < -0.3 is 15.4 Å². The molecule has 1 rings (SSSR count). The molecule has 0 aromatic heterocycles. The number of aliphatic imine (C=N–C) groups is 1. The number of hydrogen-bond acceptors (Lipinski definition) is 3. The lowest BCUT2D eigenvalue weighted by Gasteiger charge is -2.26. The van der Waals surface area contributed by atoms with Gasteiger partial charge in [-0.05, 0) is 6.42 Å². The number of nitrogens with zero attached hydrogens (tertiary/aromatic N) is 2. The van der Waals surface area contributed by atoms with Crippen LogP contribution >= 0.6 is 24.0 Å². The summed E-state index contributed by atoms with van der Waals surface area (Å²) in [5.74, 6) is 0.916. The van der Waals surface area contributed by atoms with Crippen LogP contribution in [0.15, 0.2) is 4.99 Å². The minimum atomic E-state index is 0. The summed E-state index contributed by atoms with van der Waals surface area (Å²) < 4.78 is 5.33. The van der Waals surface area contributed by atoms with E-state index in [1.165, 1.54) is 19.3 Å². The van der Waals surface area contributed by atoms with Crippen LogP contribution in [0.2, 0.25) is 0 Å². The lowest BCUT2D eigenvalue weighted by atomic mass is 10.2. The second-order valence-corrected chi connectivity index (χ2v) is 4.59. The van der Waals surface area contributed by atoms with Gasteiger partial charge in [-0.15, -0.1) is 24.0 Å². The average molecular weight is 384 g/mol. The Labute approximate surface area is 134 Å². The van der Waals surface area contributed by atoms with Crippen LogP contribution in [0.25, 0.3) is 0 Å². The van der Waals surface area contributed by atoms with Crippen LogP contribution in [0.4, 0.5) is 0 Å². The Balaban J connectivity index is 0.00000324. The molecule has 1 aliphatic heterocycles. The smallest absolute Gasteiger partial charge is 0.191 e. The van der Waals surface area contributed by atoms with E-state index in [0.717, 1.165) is 51.9 Å². The zero-order valence-corrected chi connectivity index (χ0v) is 14.6. The third-order valence-corrected chi connectivity index (χ3v) is 3.12. The summed E-state index contributed by atoms with van der Waals surface area (Å²) in [5, 5.41) is 6.69. The molecule has 1 aliphatic rings. The molecule has 114 valence electrons. The van der Waals surface area contributed by atoms with E-state index in [1.807, 2.05) is 7.05 Å². The van der Waals surface area contributed by atoms with E-state index in [1.54, 1.807) is 0 Å². The number of ether oxygens (including phenoxy) is 1. The Morgan fingerprint density at radius 3 is 2.47 bits per heavy atom. The fraction of sp³-hybridized carbons (Fsp3) is 0.923. The SMILES string of the molecule is CCCCCNC(=NC)NCCN1CCOCC1.I. The number of nitrogens with one attached hydrogen (secondary N) is 2. The van der Waals surface area contributed by atoms with E-state index >= 15 is 0 Å². The van der Waals surface area contributed by atoms with Gasteiger partial charge in [0.1, 0.15) is 0 Å². The quantitative estimate of drug-likeness (QED) is 0.301. The fourth-order valence-corrected chi connectivity index (χ4v) is 1.96. The van der Waals surface area contributed by atoms with Crippen molar-refractivity contribution in [1.29, 1.82) is 0 Å². The van der Waals surface area contributed by atoms with Crippen molar-refractivity contribution in [2.24, 2.45) is 4.99 Å². The second-order valence-electron chi connectivity index (χ2n) is 4.59. The summed E-state index contributed by atoms with van der Waals surface area (Å²) in [6, 6.07) is 0. The van der Waals surface area contributed by atoms with E-state index in [4.69, 9.17) is 4.74 Å². The minimum Gasteiger partial charge on any atom is -0.379 e. The molecule has 0 saturated carbocycles. The summed E-state index contributed by atoms with van der Waals surface area (Å²) in [6.45, 7) is 9.04. The Morgan fingerprint density at radius 1 is 1.16 bits per heavy atom. The first-order valence-electron chi connectivity index (χ1n) is 7.11. The lowest BCUT2D eigenvalue weighted by Crippen LogP contribution is -2.44. The zero-order chi connectivity index (χ0) is 13.1. The molecule has 5 nitrogen and oxygen atoms in total. The van der Waals surface area contributed by atoms with Crippen LogP contribution in [0.3, 0.4) is 0 Å². The van der Waals surface area contributed by atoms with Crippen molar-refractivity contribution >= 4 is 29.9 Å². The molecule has 1 heterocycles. The van der Waals surface area contributed by atoms with Crippen LogP contribution in [-0.2, 0) is 4.74 Å². The van der Waals surface area contributed by atoms with E-state index in [0.29, 0.717) is 0 Å². The first kappa shape index (κ1) is 18.9. The Morgan fingerprint density at radius 2 is 1.84 bits per heavy atom. The Bertz CT molecular complexity index is 233. The number of hydrogen-bond donors (Lipinski definition) is 2. The maximum absolute atomic E-state index is 5.33. The zero-order valence-electron chi connectivity index (χ0n) is 12.3. The maximum atomic E-state index is 5.33. The Hall–Kier alpha value is -0.0800. The van der Waals surface area contributed by atoms with E-state index in [-0.39, 0.29) is 24.0 Å². The lowest BCUT2D eigenvalue weighted by molar-refractivity contribution is 0.0389. The highest BCUT2D eigenvalue weighted by atomic mass is 127. The van der Waals surface area contributed by atoms with Crippen molar-refractivity contribution in [1.82, 2.24) is 15.5 Å². The van der Waals surface area contributed by atoms with Crippen LogP contribution in [0.5, 0.6) is 0 Å². The molecule has 0 radical (unpaired) electrons. The molecule has 2 N–H and O–H groups in total. The monoisotopic (exact) mass is 384 g/mol. The van der Waals surface area contributed by atoms with Gasteiger partial charge >= 0.3 is 0 Å². The number of unbranched alkanes of at least 4 members (excludes halogenated alkanes) is 2. The molecule has 1 fully saturated rings. The first-order valence-corrected chi connectivity index (χ1v) is 7.11. The maximum Gasteiger partial charge on any atom is 0.191 e. The molecule has 0 bridgehead atoms. The predicted octanol–water partition coefficient (Wildman–Crippen LogP) is 1.29. The summed E-state index contributed by atoms with van der Waals surface area (Å²) in [4.78, 5) is 6.64. The van der Waals surface area contributed by atoms with Gasteiger partial charge in [0, 0.05) is 39.8 Å². The molecule has 1 saturated heterocycles. The number of rotatable bonds is 7. The van der Waals surface area contributed by atoms with Gasteiger partial charge in [-0.1, -0.05) is 19.8 Å². The van der Waals surface area contributed by atoms with Gasteiger partial charge in [0.25, 0.3) is 0 Å². The van der Waals surface area contributed by atoms with Gasteiger partial charge in [-0.3, -0.25) is 9.89 Å². The topological polar surface area (TPSA) is 48.9 Å². The molecule has 0 unspecified atom stereocenters. The largest absolute Gasteiger partial charge is 0.379 e. The van der Waals surface area contributed by atoms with Gasteiger partial charge in [0.15, 0.2) is 5.96 Å². The first-order chi connectivity index (χ1) is 8.86. The average Bonchev–Trinajstić information content (AvgIpc) is 2.42. The molecule has 0 atom stereocenters. The van der Waals surface area contributed by atoms with Crippen molar-refractivity contribution in [3.63, 3.8) is 0 Å². The molecular weight excluding hydrogens is 355 g/mol. The molecule has 0 spiro atoms. The van der Waals surface area contributed by atoms with Crippen LogP contribution in [0.1, 0.15) is 26.2 Å². The Kier molecular flexibility index (Phi) is 12.9. The molecule has 6 heteroatoms. The summed E-state index contributed by atoms with van der Waals surface area (Å²) in [7, 11) is 1.82. The standard InChI is InChI=1S/C13H28N4O.HI/c1-3-4-5-6-15-13(14-2)16-7-8-17-9-11-18-12-10-17;/h3-12H2,1-2H3,(H2,14,15,16);1H. The molecule has 19 heavy (non-hydrogen) atoms. The van der Waals surface area contributed by atoms with E-state index < -0.39 is 0 Å². The highest BCUT2D eigenvalue weighted by molar-refractivity contribution is 14.0. The number of halogens is 1. The van der Waals surface area contributed by atoms with Crippen LogP contribution < -0.4 is 10.6 Å². The van der Waals surface area contributed by atoms with Gasteiger partial charge in [0.2, 0.25) is 0 Å². The van der Waals surface area contributed by atoms with Crippen molar-refractivity contribution in [2.75, 3.05) is 53.0 Å². The van der Waals surface area contributed by atoms with Crippen molar-refractivity contribution in [3.05, 3.63) is 0 Å². The molecule has 0 aliphatic carbocycles. The highest BCUT2D eigenvalue weighted by Gasteiger charge is 2.09. The normalized spacial score (nSPS) is 16.8. The molecule has 0 aromatic carbocycles. The van der Waals surface area contributed by atoms with Crippen molar-refractivity contribution < 1.29 is 4.74 Å². The minimum absolute atomic E-state index is 0. The third-order valence-electron chi connectivity index (χ3n) is 3.12. The molecule has 0 aromatic rings. The number of guanidine groups is 1. The van der Waals surface area contributed by atoms with Crippen molar-refractivity contribution in [3.8, 4) is 0 Å². The van der Waals surface area contributed by atoms with Gasteiger partial charge in [0.05, 0.1) is 13.2 Å². The van der Waals surface area contributed by atoms with E-state index in [2.05, 4.69) is 27.4 Å². The van der Waals surface area contributed by atoms with Crippen LogP contribution in [0, 0.1) is 0 Å². The van der Waals surface area contributed by atoms with E-state index in [9.17, 15) is 0 Å². The second kappa shape index (κ2) is 12.9. The van der Waals surface area contributed by atoms with Crippen LogP contribution in [-0.4, -0.2) is 63.8 Å².